The summed E-state index contributed by atoms with van der Waals surface area (Å²) in [5, 5.41) is 12.0. The molecule has 2 aromatic rings. The van der Waals surface area contributed by atoms with Gasteiger partial charge < -0.3 is 24.2 Å². The summed E-state index contributed by atoms with van der Waals surface area (Å²) in [7, 11) is 1.73. The van der Waals surface area contributed by atoms with Crippen LogP contribution in [0.1, 0.15) is 114 Å². The molecule has 2 fully saturated rings. The summed E-state index contributed by atoms with van der Waals surface area (Å²) < 4.78 is 21.1. The number of aromatic hydroxyl groups is 1. The van der Waals surface area contributed by atoms with Gasteiger partial charge in [-0.05, 0) is 112 Å². The Morgan fingerprint density at radius 1 is 1.02 bits per heavy atom. The number of aryl methyl sites for hydroxylation is 1. The fourth-order valence-electron chi connectivity index (χ4n) is 9.48. The number of carbonyl (C=O) groups is 3. The van der Waals surface area contributed by atoms with Crippen LogP contribution in [0.15, 0.2) is 70.9 Å². The first-order valence-electron chi connectivity index (χ1n) is 19.5. The molecular formula is C46H54N2O7. The van der Waals surface area contributed by atoms with Crippen molar-refractivity contribution in [2.24, 2.45) is 11.8 Å². The number of allylic oxidation sites excluding steroid dienone is 5. The van der Waals surface area contributed by atoms with Gasteiger partial charge in [-0.15, -0.1) is 0 Å². The summed E-state index contributed by atoms with van der Waals surface area (Å²) in [6, 6.07) is 5.71. The van der Waals surface area contributed by atoms with Gasteiger partial charge in [-0.2, -0.15) is 0 Å². The largest absolute Gasteiger partial charge is 0.506 e. The number of carbonyl (C=O) groups excluding carboxylic acids is 3. The predicted octanol–water partition coefficient (Wildman–Crippen LogP) is 8.52. The number of ether oxygens (including phenoxy) is 3. The number of fused-ring (bicyclic) bond motifs is 2. The molecule has 1 N–H and O–H groups in total. The van der Waals surface area contributed by atoms with E-state index in [0.717, 1.165) is 23.4 Å². The number of aromatic nitrogens is 1. The summed E-state index contributed by atoms with van der Waals surface area (Å²) in [6.45, 7) is 18.0. The van der Waals surface area contributed by atoms with Crippen LogP contribution in [-0.4, -0.2) is 61.9 Å². The highest BCUT2D eigenvalue weighted by Gasteiger charge is 2.81. The first kappa shape index (κ1) is 38.5. The van der Waals surface area contributed by atoms with E-state index >= 15 is 4.79 Å². The van der Waals surface area contributed by atoms with Gasteiger partial charge in [0.2, 0.25) is 5.91 Å². The zero-order chi connectivity index (χ0) is 39.8. The van der Waals surface area contributed by atoms with Crippen molar-refractivity contribution in [3.63, 3.8) is 0 Å². The van der Waals surface area contributed by atoms with Crippen molar-refractivity contribution in [2.45, 2.75) is 123 Å². The molecule has 4 heterocycles. The first-order chi connectivity index (χ1) is 25.8. The number of nitrogens with zero attached hydrogens (tertiary/aromatic N) is 2. The average molecular weight is 747 g/mol. The number of phenols is 1. The van der Waals surface area contributed by atoms with Crippen LogP contribution in [0.2, 0.25) is 0 Å². The van der Waals surface area contributed by atoms with Crippen LogP contribution in [0, 0.1) is 18.8 Å². The van der Waals surface area contributed by atoms with Gasteiger partial charge in [0.05, 0.1) is 23.4 Å². The number of phenolic OH excluding ortho intramolecular Hbond substituents is 1. The Morgan fingerprint density at radius 2 is 1.75 bits per heavy atom. The quantitative estimate of drug-likeness (QED) is 0.190. The highest BCUT2D eigenvalue weighted by atomic mass is 16.6. The zero-order valence-electron chi connectivity index (χ0n) is 33.9. The van der Waals surface area contributed by atoms with E-state index in [0.29, 0.717) is 53.8 Å². The molecule has 8 rings (SSSR count). The molecule has 1 aromatic carbocycles. The van der Waals surface area contributed by atoms with Crippen LogP contribution in [0.25, 0.3) is 6.08 Å². The molecule has 1 spiro atoms. The van der Waals surface area contributed by atoms with Crippen LogP contribution < -0.4 is 9.47 Å². The van der Waals surface area contributed by atoms with Crippen molar-refractivity contribution in [3.05, 3.63) is 98.9 Å². The molecular weight excluding hydrogens is 693 g/mol. The first-order valence-corrected chi connectivity index (χ1v) is 19.5. The molecule has 6 aliphatic rings. The third-order valence-corrected chi connectivity index (χ3v) is 12.2. The molecule has 5 atom stereocenters. The van der Waals surface area contributed by atoms with E-state index in [1.54, 1.807) is 31.0 Å². The normalized spacial score (nSPS) is 28.0. The van der Waals surface area contributed by atoms with E-state index in [9.17, 15) is 14.7 Å². The predicted molar refractivity (Wildman–Crippen MR) is 212 cm³/mol. The Labute approximate surface area is 324 Å². The maximum Gasteiger partial charge on any atom is 0.249 e. The van der Waals surface area contributed by atoms with E-state index in [-0.39, 0.29) is 46.9 Å². The van der Waals surface area contributed by atoms with Crippen LogP contribution in [0.5, 0.6) is 17.2 Å². The summed E-state index contributed by atoms with van der Waals surface area (Å²) in [5.74, 6) is -1.20. The number of pyridine rings is 1. The van der Waals surface area contributed by atoms with Crippen molar-refractivity contribution in [2.75, 3.05) is 7.05 Å². The molecule has 290 valence electrons. The number of ketones is 2. The number of rotatable bonds is 10. The van der Waals surface area contributed by atoms with Crippen LogP contribution >= 0.6 is 0 Å². The van der Waals surface area contributed by atoms with E-state index in [4.69, 9.17) is 14.2 Å². The molecule has 1 amide bonds. The average Bonchev–Trinajstić information content (AvgIpc) is 3.26. The molecule has 3 aliphatic carbocycles. The third-order valence-electron chi connectivity index (χ3n) is 12.2. The Balaban J connectivity index is 1.34. The molecule has 55 heavy (non-hydrogen) atoms. The van der Waals surface area contributed by atoms with Gasteiger partial charge in [0.15, 0.2) is 22.8 Å². The summed E-state index contributed by atoms with van der Waals surface area (Å²) in [4.78, 5) is 49.7. The highest BCUT2D eigenvalue weighted by Crippen LogP contribution is 2.68. The number of hydrogen-bond acceptors (Lipinski definition) is 8. The topological polar surface area (TPSA) is 115 Å². The van der Waals surface area contributed by atoms with Crippen LogP contribution in [-0.2, 0) is 27.3 Å². The Morgan fingerprint density at radius 3 is 2.44 bits per heavy atom. The van der Waals surface area contributed by atoms with E-state index in [1.807, 2.05) is 71.9 Å². The lowest BCUT2D eigenvalue weighted by atomic mass is 9.51. The molecule has 3 aliphatic heterocycles. The minimum absolute atomic E-state index is 0.0260. The number of amides is 1. The molecule has 9 heteroatoms. The fraction of sp³-hybridized carbons (Fsp3) is 0.478. The van der Waals surface area contributed by atoms with Gasteiger partial charge in [-0.25, -0.2) is 0 Å². The van der Waals surface area contributed by atoms with E-state index in [2.05, 4.69) is 31.0 Å². The summed E-state index contributed by atoms with van der Waals surface area (Å²) in [5.41, 5.74) is 1.23. The van der Waals surface area contributed by atoms with Gasteiger partial charge in [-0.1, -0.05) is 41.5 Å². The van der Waals surface area contributed by atoms with Crippen LogP contribution in [0.3, 0.4) is 0 Å². The molecule has 5 unspecified atom stereocenters. The standard InChI is InChI=1S/C46H54N2O7/c1-26(2)13-12-20-44(9)21-19-32-37(49)36-38(50)34-23-30-24-35-43(7,8)55-45(41(30)51,46(34,35)54-40(36)33(39(32)53-44)17-16-27(3)4)22-18-28(5)42(52)48(10)25-31-15-11-14-29(6)47-31/h11,13-16,18-19,21,23,30,35,49H,12,17,20,22,24-25H2,1-10H3. The number of Topliss-reactive ketones (excluding diaryl/α,β-unsaturated/α-hetero) is 2. The van der Waals surface area contributed by atoms with Gasteiger partial charge >= 0.3 is 0 Å². The summed E-state index contributed by atoms with van der Waals surface area (Å²) in [6.07, 6.45) is 13.9. The van der Waals surface area contributed by atoms with Gasteiger partial charge in [0.25, 0.3) is 0 Å². The minimum Gasteiger partial charge on any atom is -0.506 e. The lowest BCUT2D eigenvalue weighted by molar-refractivity contribution is -0.171. The zero-order valence-corrected chi connectivity index (χ0v) is 33.9. The maximum atomic E-state index is 15.0. The van der Waals surface area contributed by atoms with Crippen molar-refractivity contribution in [1.82, 2.24) is 9.88 Å². The van der Waals surface area contributed by atoms with E-state index in [1.165, 1.54) is 5.57 Å². The number of benzene rings is 1. The number of likely N-dealkylation sites (N-methyl/N-ethyl adjacent to an activating group) is 1. The maximum absolute atomic E-state index is 15.0. The Bertz CT molecular complexity index is 2160. The summed E-state index contributed by atoms with van der Waals surface area (Å²) >= 11 is 0. The molecule has 1 saturated carbocycles. The fourth-order valence-corrected chi connectivity index (χ4v) is 9.48. The number of hydrogen-bond donors (Lipinski definition) is 1. The van der Waals surface area contributed by atoms with Crippen molar-refractivity contribution < 1.29 is 33.7 Å². The van der Waals surface area contributed by atoms with Crippen molar-refractivity contribution in [1.29, 1.82) is 0 Å². The minimum atomic E-state index is -1.60. The highest BCUT2D eigenvalue weighted by molar-refractivity contribution is 6.19. The van der Waals surface area contributed by atoms with E-state index < -0.39 is 28.3 Å². The van der Waals surface area contributed by atoms with Gasteiger partial charge in [0.1, 0.15) is 28.4 Å². The molecule has 0 radical (unpaired) electrons. The SMILES string of the molecule is CC(C)=CCCC1(C)C=Cc2c(O)c3c(c(CC=C(C)C)c2O1)OC12C(=CC4CC1C(C)(C)OC2(CC=C(C)C(=O)N(C)Cc1cccc(C)n1)C4=O)C3=O. The third kappa shape index (κ3) is 6.10. The smallest absolute Gasteiger partial charge is 0.249 e. The Kier molecular flexibility index (Phi) is 9.43. The monoisotopic (exact) mass is 746 g/mol. The molecule has 4 bridgehead atoms. The lowest BCUT2D eigenvalue weighted by Crippen LogP contribution is -2.72. The van der Waals surface area contributed by atoms with Crippen molar-refractivity contribution >= 4 is 23.5 Å². The van der Waals surface area contributed by atoms with Crippen LogP contribution in [0.4, 0.5) is 0 Å². The second-order valence-corrected chi connectivity index (χ2v) is 17.4. The van der Waals surface area contributed by atoms with Gasteiger partial charge in [0, 0.05) is 47.7 Å². The lowest BCUT2D eigenvalue weighted by Gasteiger charge is -2.56. The second-order valence-electron chi connectivity index (χ2n) is 17.4. The van der Waals surface area contributed by atoms with Gasteiger partial charge in [-0.3, -0.25) is 19.4 Å². The Hall–Kier alpha value is -4.76. The molecule has 1 aromatic heterocycles. The molecule has 9 nitrogen and oxygen atoms in total. The molecule has 1 saturated heterocycles. The van der Waals surface area contributed by atoms with Crippen molar-refractivity contribution in [3.8, 4) is 17.2 Å². The second kappa shape index (κ2) is 13.5.